The van der Waals surface area contributed by atoms with Crippen LogP contribution in [0.15, 0.2) is 36.5 Å². The largest absolute Gasteiger partial charge is 0.355 e. The predicted molar refractivity (Wildman–Crippen MR) is 133 cm³/mol. The Bertz CT molecular complexity index is 1170. The number of rotatable bonds is 8. The first kappa shape index (κ1) is 24.4. The van der Waals surface area contributed by atoms with Gasteiger partial charge in [0.05, 0.1) is 6.54 Å². The molecule has 2 fully saturated rings. The van der Waals surface area contributed by atoms with Crippen LogP contribution >= 0.6 is 11.3 Å². The van der Waals surface area contributed by atoms with Crippen LogP contribution < -0.4 is 15.5 Å². The summed E-state index contributed by atoms with van der Waals surface area (Å²) >= 11 is 1.31. The summed E-state index contributed by atoms with van der Waals surface area (Å²) < 4.78 is 27.4. The number of carbonyl (C=O) groups is 1. The van der Waals surface area contributed by atoms with E-state index in [4.69, 9.17) is 0 Å². The highest BCUT2D eigenvalue weighted by Gasteiger charge is 2.25. The summed E-state index contributed by atoms with van der Waals surface area (Å²) in [5.41, 5.74) is 0.348. The number of aromatic nitrogens is 4. The minimum Gasteiger partial charge on any atom is -0.355 e. The van der Waals surface area contributed by atoms with Gasteiger partial charge in [-0.3, -0.25) is 19.9 Å². The highest BCUT2D eigenvalue weighted by atomic mass is 32.1. The van der Waals surface area contributed by atoms with Crippen molar-refractivity contribution in [1.29, 1.82) is 0 Å². The Labute approximate surface area is 211 Å². The van der Waals surface area contributed by atoms with Crippen molar-refractivity contribution in [3.8, 4) is 0 Å². The van der Waals surface area contributed by atoms with Gasteiger partial charge in [-0.25, -0.2) is 8.78 Å². The van der Waals surface area contributed by atoms with Gasteiger partial charge < -0.3 is 10.2 Å². The Morgan fingerprint density at radius 3 is 2.61 bits per heavy atom. The van der Waals surface area contributed by atoms with Gasteiger partial charge in [-0.05, 0) is 24.6 Å². The Balaban J connectivity index is 1.04. The van der Waals surface area contributed by atoms with Crippen molar-refractivity contribution in [2.45, 2.75) is 19.0 Å². The third-order valence-electron chi connectivity index (χ3n) is 6.33. The second-order valence-corrected chi connectivity index (χ2v) is 9.86. The van der Waals surface area contributed by atoms with Gasteiger partial charge in [-0.2, -0.15) is 5.10 Å². The van der Waals surface area contributed by atoms with Crippen LogP contribution in [0.1, 0.15) is 12.0 Å². The number of hydrogen-bond acceptors (Lipinski definition) is 10. The summed E-state index contributed by atoms with van der Waals surface area (Å²) in [5, 5.41) is 23.7. The zero-order valence-electron chi connectivity index (χ0n) is 19.6. The zero-order chi connectivity index (χ0) is 24.9. The molecular formula is C23H27F2N9OS. The number of nitrogens with one attached hydrogen (secondary N) is 2. The maximum atomic E-state index is 13.9. The van der Waals surface area contributed by atoms with E-state index in [0.717, 1.165) is 31.4 Å². The van der Waals surface area contributed by atoms with Crippen molar-refractivity contribution in [3.05, 3.63) is 53.7 Å². The van der Waals surface area contributed by atoms with Crippen molar-refractivity contribution < 1.29 is 13.6 Å². The van der Waals surface area contributed by atoms with Gasteiger partial charge in [0.15, 0.2) is 17.5 Å². The second kappa shape index (κ2) is 11.2. The van der Waals surface area contributed by atoms with Gasteiger partial charge in [0.25, 0.3) is 0 Å². The predicted octanol–water partition coefficient (Wildman–Crippen LogP) is 2.05. The molecule has 2 aliphatic rings. The third-order valence-corrected chi connectivity index (χ3v) is 7.10. The highest BCUT2D eigenvalue weighted by molar-refractivity contribution is 7.19. The SMILES string of the molecule is O=C(CN1CCN(Cc2cccc(F)c2F)CC1)Nc1nnc(N[C@@H]2CCN(c3cccnn3)C2)s1. The maximum Gasteiger partial charge on any atom is 0.240 e. The van der Waals surface area contributed by atoms with Crippen LogP contribution in [0.4, 0.5) is 24.9 Å². The normalized spacial score (nSPS) is 18.9. The van der Waals surface area contributed by atoms with E-state index < -0.39 is 11.6 Å². The molecule has 0 saturated carbocycles. The topological polar surface area (TPSA) is 102 Å². The molecule has 0 unspecified atom stereocenters. The van der Waals surface area contributed by atoms with E-state index in [1.54, 1.807) is 12.3 Å². The fourth-order valence-corrected chi connectivity index (χ4v) is 5.17. The molecule has 5 rings (SSSR count). The summed E-state index contributed by atoms with van der Waals surface area (Å²) in [6.07, 6.45) is 2.60. The molecule has 36 heavy (non-hydrogen) atoms. The van der Waals surface area contributed by atoms with Crippen molar-refractivity contribution in [3.63, 3.8) is 0 Å². The van der Waals surface area contributed by atoms with Crippen LogP contribution in [0.2, 0.25) is 0 Å². The highest BCUT2D eigenvalue weighted by Crippen LogP contribution is 2.24. The summed E-state index contributed by atoms with van der Waals surface area (Å²) in [6.45, 7) is 4.92. The number of benzene rings is 1. The van der Waals surface area contributed by atoms with E-state index in [0.29, 0.717) is 48.6 Å². The molecule has 190 valence electrons. The number of amides is 1. The Hall–Kier alpha value is -3.29. The Morgan fingerprint density at radius 1 is 1.00 bits per heavy atom. The summed E-state index contributed by atoms with van der Waals surface area (Å²) in [6, 6.07) is 8.26. The van der Waals surface area contributed by atoms with Gasteiger partial charge >= 0.3 is 0 Å². The van der Waals surface area contributed by atoms with E-state index in [1.165, 1.54) is 17.4 Å². The summed E-state index contributed by atoms with van der Waals surface area (Å²) in [5.74, 6) is -0.919. The average Bonchev–Trinajstić information content (AvgIpc) is 3.53. The minimum absolute atomic E-state index is 0.156. The van der Waals surface area contributed by atoms with Gasteiger partial charge in [-0.1, -0.05) is 23.5 Å². The van der Waals surface area contributed by atoms with Crippen molar-refractivity contribution >= 4 is 33.3 Å². The van der Waals surface area contributed by atoms with E-state index in [9.17, 15) is 13.6 Å². The fraction of sp³-hybridized carbons (Fsp3) is 0.435. The molecule has 13 heteroatoms. The fourth-order valence-electron chi connectivity index (χ4n) is 4.43. The molecule has 10 nitrogen and oxygen atoms in total. The van der Waals surface area contributed by atoms with Crippen LogP contribution in [0.25, 0.3) is 0 Å². The Morgan fingerprint density at radius 2 is 1.81 bits per heavy atom. The van der Waals surface area contributed by atoms with Gasteiger partial charge in [-0.15, -0.1) is 15.3 Å². The smallest absolute Gasteiger partial charge is 0.240 e. The molecule has 1 aromatic carbocycles. The standard InChI is InChI=1S/C23H27F2N9OS/c24-18-4-1-3-16(21(18)25)13-32-9-11-33(12-10-32)15-20(35)28-23-31-30-22(36-23)27-17-6-8-34(14-17)19-5-2-7-26-29-19/h1-5,7,17H,6,8-15H2,(H,27,30)(H,28,31,35)/t17-/m1/s1. The van der Waals surface area contributed by atoms with Crippen LogP contribution in [0.5, 0.6) is 0 Å². The zero-order valence-corrected chi connectivity index (χ0v) is 20.4. The number of halogens is 2. The number of piperazine rings is 1. The second-order valence-electron chi connectivity index (χ2n) is 8.88. The van der Waals surface area contributed by atoms with Crippen LogP contribution in [-0.4, -0.2) is 88.0 Å². The van der Waals surface area contributed by atoms with Crippen LogP contribution in [0.3, 0.4) is 0 Å². The number of carbonyl (C=O) groups excluding carboxylic acids is 1. The van der Waals surface area contributed by atoms with E-state index >= 15 is 0 Å². The lowest BCUT2D eigenvalue weighted by Crippen LogP contribution is -2.48. The number of anilines is 3. The molecule has 2 aromatic heterocycles. The van der Waals surface area contributed by atoms with E-state index in [2.05, 4.69) is 40.8 Å². The molecule has 3 aromatic rings. The van der Waals surface area contributed by atoms with E-state index in [-0.39, 0.29) is 18.5 Å². The molecule has 0 radical (unpaired) electrons. The molecule has 4 heterocycles. The first-order valence-corrected chi connectivity index (χ1v) is 12.7. The average molecular weight is 516 g/mol. The first-order valence-electron chi connectivity index (χ1n) is 11.8. The molecule has 1 amide bonds. The summed E-state index contributed by atoms with van der Waals surface area (Å²) in [7, 11) is 0. The first-order chi connectivity index (χ1) is 17.5. The van der Waals surface area contributed by atoms with Gasteiger partial charge in [0.1, 0.15) is 0 Å². The lowest BCUT2D eigenvalue weighted by molar-refractivity contribution is -0.117. The van der Waals surface area contributed by atoms with Crippen LogP contribution in [-0.2, 0) is 11.3 Å². The van der Waals surface area contributed by atoms with Crippen LogP contribution in [0, 0.1) is 11.6 Å². The molecule has 0 spiro atoms. The molecule has 2 aliphatic heterocycles. The van der Waals surface area contributed by atoms with Gasteiger partial charge in [0.2, 0.25) is 16.2 Å². The molecule has 2 saturated heterocycles. The van der Waals surface area contributed by atoms with E-state index in [1.807, 2.05) is 17.0 Å². The third kappa shape index (κ3) is 6.09. The quantitative estimate of drug-likeness (QED) is 0.467. The number of hydrogen-bond donors (Lipinski definition) is 2. The van der Waals surface area contributed by atoms with Crippen molar-refractivity contribution in [2.24, 2.45) is 0 Å². The Kier molecular flexibility index (Phi) is 7.58. The van der Waals surface area contributed by atoms with Crippen molar-refractivity contribution in [1.82, 2.24) is 30.2 Å². The lowest BCUT2D eigenvalue weighted by atomic mass is 10.1. The monoisotopic (exact) mass is 515 g/mol. The molecular weight excluding hydrogens is 488 g/mol. The number of nitrogens with zero attached hydrogens (tertiary/aromatic N) is 7. The van der Waals surface area contributed by atoms with Gasteiger partial charge in [0, 0.05) is 63.6 Å². The maximum absolute atomic E-state index is 13.9. The molecule has 1 atom stereocenters. The molecule has 2 N–H and O–H groups in total. The van der Waals surface area contributed by atoms with Crippen molar-refractivity contribution in [2.75, 3.05) is 61.3 Å². The molecule has 0 bridgehead atoms. The molecule has 0 aliphatic carbocycles. The minimum atomic E-state index is -0.829. The summed E-state index contributed by atoms with van der Waals surface area (Å²) in [4.78, 5) is 18.8. The lowest BCUT2D eigenvalue weighted by Gasteiger charge is -2.34.